The average Bonchev–Trinajstić information content (AvgIpc) is 3.16. The maximum absolute atomic E-state index is 14.1. The van der Waals surface area contributed by atoms with Crippen molar-refractivity contribution < 1.29 is 52.5 Å². The van der Waals surface area contributed by atoms with E-state index in [1.165, 1.54) is 39.5 Å². The van der Waals surface area contributed by atoms with Crippen LogP contribution < -0.4 is 31.3 Å². The fourth-order valence-electron chi connectivity index (χ4n) is 4.91. The van der Waals surface area contributed by atoms with Crippen LogP contribution in [0.3, 0.4) is 0 Å². The zero-order valence-corrected chi connectivity index (χ0v) is 33.1. The van der Waals surface area contributed by atoms with Crippen molar-refractivity contribution in [2.24, 2.45) is 0 Å². The number of methoxy groups -OCH3 is 3. The van der Waals surface area contributed by atoms with E-state index in [4.69, 9.17) is 18.9 Å². The number of unbranched alkanes of at least 4 members (excludes halogenated alkanes) is 3. The van der Waals surface area contributed by atoms with Gasteiger partial charge < -0.3 is 55.3 Å². The van der Waals surface area contributed by atoms with Crippen LogP contribution in [-0.4, -0.2) is 158 Å². The highest BCUT2D eigenvalue weighted by Gasteiger charge is 2.27. The molecular weight excluding hydrogens is 718 g/mol. The highest BCUT2D eigenvalue weighted by molar-refractivity contribution is 6.03. The Bertz CT molecular complexity index is 1340. The summed E-state index contributed by atoms with van der Waals surface area (Å²) >= 11 is 0. The van der Waals surface area contributed by atoms with Gasteiger partial charge in [0.05, 0.1) is 26.4 Å². The van der Waals surface area contributed by atoms with Crippen molar-refractivity contribution in [3.05, 3.63) is 29.3 Å². The summed E-state index contributed by atoms with van der Waals surface area (Å²) < 4.78 is 20.8. The summed E-state index contributed by atoms with van der Waals surface area (Å²) in [5, 5.41) is 13.3. The number of ether oxygens (including phenoxy) is 4. The van der Waals surface area contributed by atoms with Gasteiger partial charge in [0.15, 0.2) is 0 Å². The predicted molar refractivity (Wildman–Crippen MR) is 203 cm³/mol. The Labute approximate surface area is 324 Å². The molecule has 310 valence electrons. The minimum atomic E-state index is -0.784. The number of nitrogens with zero attached hydrogens (tertiary/aromatic N) is 2. The van der Waals surface area contributed by atoms with Gasteiger partial charge in [0.25, 0.3) is 11.8 Å². The summed E-state index contributed by atoms with van der Waals surface area (Å²) in [5.41, 5.74) is -0.224. The summed E-state index contributed by atoms with van der Waals surface area (Å²) in [6.45, 7) is 3.60. The van der Waals surface area contributed by atoms with E-state index in [1.807, 2.05) is 6.92 Å². The first-order chi connectivity index (χ1) is 26.5. The topological polar surface area (TPSA) is 223 Å². The van der Waals surface area contributed by atoms with Crippen LogP contribution in [0.1, 0.15) is 73.1 Å². The van der Waals surface area contributed by atoms with Gasteiger partial charge in [-0.1, -0.05) is 33.1 Å². The van der Waals surface area contributed by atoms with Crippen molar-refractivity contribution in [3.63, 3.8) is 0 Å². The van der Waals surface area contributed by atoms with Crippen molar-refractivity contribution in [1.82, 2.24) is 36.4 Å². The smallest absolute Gasteiger partial charge is 0.254 e. The lowest BCUT2D eigenvalue weighted by atomic mass is 10.1. The Morgan fingerprint density at radius 3 is 1.29 bits per heavy atom. The minimum absolute atomic E-state index is 0.0233. The largest absolute Gasteiger partial charge is 0.492 e. The van der Waals surface area contributed by atoms with Gasteiger partial charge in [-0.2, -0.15) is 0 Å². The summed E-state index contributed by atoms with van der Waals surface area (Å²) in [7, 11) is 4.41. The Balaban J connectivity index is 3.52. The van der Waals surface area contributed by atoms with Crippen LogP contribution >= 0.6 is 0 Å². The van der Waals surface area contributed by atoms with Crippen molar-refractivity contribution in [1.29, 1.82) is 0 Å². The van der Waals surface area contributed by atoms with Gasteiger partial charge in [-0.05, 0) is 31.0 Å². The quantitative estimate of drug-likeness (QED) is 0.0646. The number of rotatable bonds is 30. The summed E-state index contributed by atoms with van der Waals surface area (Å²) in [5.74, 6) is -3.81. The van der Waals surface area contributed by atoms with E-state index >= 15 is 0 Å². The number of carbonyl (C=O) groups is 7. The highest BCUT2D eigenvalue weighted by Crippen LogP contribution is 2.21. The molecule has 55 heavy (non-hydrogen) atoms. The van der Waals surface area contributed by atoms with Gasteiger partial charge in [-0.25, -0.2) is 0 Å². The predicted octanol–water partition coefficient (Wildman–Crippen LogP) is -0.150. The molecule has 0 saturated carbocycles. The number of hydrogen-bond acceptors (Lipinski definition) is 11. The van der Waals surface area contributed by atoms with Crippen LogP contribution in [-0.2, 0) is 38.2 Å². The molecule has 1 aromatic rings. The van der Waals surface area contributed by atoms with E-state index in [-0.39, 0.29) is 75.4 Å². The van der Waals surface area contributed by atoms with Gasteiger partial charge in [0, 0.05) is 65.1 Å². The van der Waals surface area contributed by atoms with Crippen LogP contribution in [0.5, 0.6) is 5.75 Å². The number of carbonyl (C=O) groups excluding carboxylic acids is 7. The van der Waals surface area contributed by atoms with Gasteiger partial charge in [0.1, 0.15) is 38.5 Å². The standard InChI is InChI=1S/C37H61N7O11/c1-6-8-9-10-11-31(45)39-16-20-55-30-22-28(36(50)43(24-32(46)38-12-7-2)25-33(47)40-13-17-52-3)21-29(23-30)37(51)44(26-34(48)41-14-18-53-4)27-35(49)42-15-19-54-5/h21-23H,6-20,24-27H2,1-5H3,(H,38,46)(H,39,45)(H,40,47)(H,41,48)(H,42,49). The normalized spacial score (nSPS) is 10.6. The van der Waals surface area contributed by atoms with E-state index in [0.29, 0.717) is 19.4 Å². The first-order valence-corrected chi connectivity index (χ1v) is 18.7. The van der Waals surface area contributed by atoms with Gasteiger partial charge >= 0.3 is 0 Å². The molecule has 0 atom stereocenters. The number of benzene rings is 1. The number of amides is 7. The maximum Gasteiger partial charge on any atom is 0.254 e. The average molecular weight is 780 g/mol. The van der Waals surface area contributed by atoms with Crippen LogP contribution in [0.25, 0.3) is 0 Å². The third-order valence-corrected chi connectivity index (χ3v) is 7.72. The van der Waals surface area contributed by atoms with Crippen LogP contribution in [0.4, 0.5) is 0 Å². The molecule has 0 unspecified atom stereocenters. The van der Waals surface area contributed by atoms with Gasteiger partial charge in [-0.15, -0.1) is 0 Å². The van der Waals surface area contributed by atoms with E-state index in [9.17, 15) is 33.6 Å². The van der Waals surface area contributed by atoms with E-state index < -0.39 is 61.6 Å². The number of nitrogens with one attached hydrogen (secondary N) is 5. The Kier molecular flexibility index (Phi) is 25.9. The Morgan fingerprint density at radius 2 is 0.891 bits per heavy atom. The van der Waals surface area contributed by atoms with E-state index in [0.717, 1.165) is 35.5 Å². The molecule has 0 spiro atoms. The lowest BCUT2D eigenvalue weighted by molar-refractivity contribution is -0.126. The first-order valence-electron chi connectivity index (χ1n) is 18.7. The molecule has 0 aliphatic heterocycles. The molecule has 5 N–H and O–H groups in total. The van der Waals surface area contributed by atoms with Gasteiger partial charge in [0.2, 0.25) is 29.5 Å². The SMILES string of the molecule is CCCCCCC(=O)NCCOc1cc(C(=O)N(CC(=O)NCCC)CC(=O)NCCOC)cc(C(=O)N(CC(=O)NCCOC)CC(=O)NCCOC)c1. The monoisotopic (exact) mass is 779 g/mol. The second kappa shape index (κ2) is 29.5. The van der Waals surface area contributed by atoms with Crippen LogP contribution in [0.2, 0.25) is 0 Å². The zero-order chi connectivity index (χ0) is 40.8. The van der Waals surface area contributed by atoms with Gasteiger partial charge in [-0.3, -0.25) is 33.6 Å². The minimum Gasteiger partial charge on any atom is -0.492 e. The Morgan fingerprint density at radius 1 is 0.491 bits per heavy atom. The number of hydrogen-bond donors (Lipinski definition) is 5. The van der Waals surface area contributed by atoms with Crippen molar-refractivity contribution in [2.45, 2.75) is 52.4 Å². The molecule has 7 amide bonds. The van der Waals surface area contributed by atoms with E-state index in [1.54, 1.807) is 0 Å². The van der Waals surface area contributed by atoms with E-state index in [2.05, 4.69) is 33.5 Å². The third kappa shape index (κ3) is 21.6. The molecule has 18 nitrogen and oxygen atoms in total. The van der Waals surface area contributed by atoms with Crippen molar-refractivity contribution in [2.75, 3.05) is 107 Å². The summed E-state index contributed by atoms with van der Waals surface area (Å²) in [4.78, 5) is 93.8. The molecule has 0 bridgehead atoms. The molecule has 0 heterocycles. The fourth-order valence-corrected chi connectivity index (χ4v) is 4.91. The molecule has 0 radical (unpaired) electrons. The lowest BCUT2D eigenvalue weighted by Crippen LogP contribution is -2.47. The molecule has 0 aliphatic carbocycles. The molecule has 1 rings (SSSR count). The molecule has 0 aromatic heterocycles. The lowest BCUT2D eigenvalue weighted by Gasteiger charge is -2.24. The van der Waals surface area contributed by atoms with Crippen LogP contribution in [0, 0.1) is 0 Å². The Hall–Kier alpha value is -4.81. The molecule has 0 fully saturated rings. The molecule has 0 saturated heterocycles. The second-order valence-electron chi connectivity index (χ2n) is 12.5. The maximum atomic E-state index is 14.1. The van der Waals surface area contributed by atoms with Crippen LogP contribution in [0.15, 0.2) is 18.2 Å². The van der Waals surface area contributed by atoms with Crippen molar-refractivity contribution in [3.8, 4) is 5.75 Å². The van der Waals surface area contributed by atoms with Crippen molar-refractivity contribution >= 4 is 41.4 Å². The molecule has 1 aromatic carbocycles. The highest BCUT2D eigenvalue weighted by atomic mass is 16.5. The molecule has 18 heteroatoms. The summed E-state index contributed by atoms with van der Waals surface area (Å²) in [6.07, 6.45) is 4.82. The zero-order valence-electron chi connectivity index (χ0n) is 33.1. The molecule has 0 aliphatic rings. The third-order valence-electron chi connectivity index (χ3n) is 7.72. The second-order valence-corrected chi connectivity index (χ2v) is 12.5. The fraction of sp³-hybridized carbons (Fsp3) is 0.649. The first kappa shape index (κ1) is 48.2. The summed E-state index contributed by atoms with van der Waals surface area (Å²) in [6, 6.07) is 3.94. The molecular formula is C37H61N7O11.